The Labute approximate surface area is 171 Å². The molecule has 3 heterocycles. The van der Waals surface area contributed by atoms with Gasteiger partial charge in [0, 0.05) is 18.1 Å². The number of nitrogens with zero attached hydrogens (tertiary/aromatic N) is 5. The summed E-state index contributed by atoms with van der Waals surface area (Å²) >= 11 is 1.40. The second-order valence-corrected chi connectivity index (χ2v) is 7.22. The summed E-state index contributed by atoms with van der Waals surface area (Å²) in [6.07, 6.45) is 4.72. The molecular weight excluding hydrogens is 388 g/mol. The predicted molar refractivity (Wildman–Crippen MR) is 108 cm³/mol. The summed E-state index contributed by atoms with van der Waals surface area (Å²) in [5.74, 6) is 1.21. The van der Waals surface area contributed by atoms with Crippen molar-refractivity contribution in [2.75, 3.05) is 0 Å². The number of aromatic nitrogens is 5. The molecule has 0 saturated heterocycles. The third-order valence-electron chi connectivity index (χ3n) is 4.08. The Morgan fingerprint density at radius 3 is 2.79 bits per heavy atom. The van der Waals surface area contributed by atoms with Crippen LogP contribution in [0, 0.1) is 6.92 Å². The first-order valence-corrected chi connectivity index (χ1v) is 9.77. The van der Waals surface area contributed by atoms with Crippen molar-refractivity contribution in [2.24, 2.45) is 0 Å². The minimum absolute atomic E-state index is 0.233. The average molecular weight is 406 g/mol. The van der Waals surface area contributed by atoms with Gasteiger partial charge in [-0.2, -0.15) is 5.10 Å². The van der Waals surface area contributed by atoms with Gasteiger partial charge >= 0.3 is 0 Å². The lowest BCUT2D eigenvalue weighted by atomic mass is 10.2. The van der Waals surface area contributed by atoms with Gasteiger partial charge in [-0.25, -0.2) is 19.6 Å². The zero-order chi connectivity index (χ0) is 20.1. The van der Waals surface area contributed by atoms with Gasteiger partial charge in [0.1, 0.15) is 35.7 Å². The van der Waals surface area contributed by atoms with Crippen molar-refractivity contribution in [1.29, 1.82) is 0 Å². The third kappa shape index (κ3) is 4.82. The molecule has 0 saturated carbocycles. The molecule has 0 aliphatic carbocycles. The predicted octanol–water partition coefficient (Wildman–Crippen LogP) is 2.94. The van der Waals surface area contributed by atoms with Gasteiger partial charge in [0.15, 0.2) is 5.82 Å². The van der Waals surface area contributed by atoms with Crippen molar-refractivity contribution < 1.29 is 9.53 Å². The van der Waals surface area contributed by atoms with Crippen LogP contribution in [-0.2, 0) is 13.2 Å². The maximum atomic E-state index is 12.3. The van der Waals surface area contributed by atoms with E-state index in [0.29, 0.717) is 24.7 Å². The molecule has 146 valence electrons. The van der Waals surface area contributed by atoms with E-state index in [0.717, 1.165) is 16.3 Å². The summed E-state index contributed by atoms with van der Waals surface area (Å²) < 4.78 is 7.27. The molecule has 0 aliphatic heterocycles. The molecular formula is C20H18N6O2S. The van der Waals surface area contributed by atoms with Crippen LogP contribution in [0.4, 0.5) is 0 Å². The average Bonchev–Trinajstić information content (AvgIpc) is 3.44. The zero-order valence-corrected chi connectivity index (χ0v) is 16.5. The Morgan fingerprint density at radius 2 is 2.07 bits per heavy atom. The molecule has 4 rings (SSSR count). The summed E-state index contributed by atoms with van der Waals surface area (Å²) in [4.78, 5) is 24.9. The molecule has 0 aliphatic rings. The normalized spacial score (nSPS) is 10.7. The number of hydrogen-bond donors (Lipinski definition) is 1. The minimum Gasteiger partial charge on any atom is -0.486 e. The Morgan fingerprint density at radius 1 is 1.21 bits per heavy atom. The fourth-order valence-corrected chi connectivity index (χ4v) is 3.20. The highest BCUT2D eigenvalue weighted by atomic mass is 32.1. The number of thiazole rings is 1. The van der Waals surface area contributed by atoms with Crippen LogP contribution in [0.1, 0.15) is 26.6 Å². The lowest BCUT2D eigenvalue weighted by molar-refractivity contribution is 0.0946. The number of nitrogens with one attached hydrogen (secondary N) is 1. The van der Waals surface area contributed by atoms with Crippen LogP contribution in [0.2, 0.25) is 0 Å². The van der Waals surface area contributed by atoms with Crippen molar-refractivity contribution >= 4 is 17.2 Å². The summed E-state index contributed by atoms with van der Waals surface area (Å²) in [6.45, 7) is 2.71. The molecule has 8 nitrogen and oxygen atoms in total. The SMILES string of the molecule is Cc1ccc(OCc2nc(C(=O)NCc3ccc(-n4cncn4)nc3)cs2)cc1. The monoisotopic (exact) mass is 406 g/mol. The number of benzene rings is 1. The number of rotatable bonds is 7. The lowest BCUT2D eigenvalue weighted by Crippen LogP contribution is -2.23. The molecule has 1 N–H and O–H groups in total. The molecule has 0 atom stereocenters. The highest BCUT2D eigenvalue weighted by Crippen LogP contribution is 2.16. The van der Waals surface area contributed by atoms with Crippen LogP contribution in [0.15, 0.2) is 60.6 Å². The van der Waals surface area contributed by atoms with Crippen LogP contribution >= 0.6 is 11.3 Å². The second kappa shape index (κ2) is 8.61. The Kier molecular flexibility index (Phi) is 5.57. The van der Waals surface area contributed by atoms with Crippen LogP contribution in [0.5, 0.6) is 5.75 Å². The van der Waals surface area contributed by atoms with Gasteiger partial charge in [-0.05, 0) is 30.7 Å². The van der Waals surface area contributed by atoms with Crippen molar-refractivity contribution in [1.82, 2.24) is 30.0 Å². The topological polar surface area (TPSA) is 94.8 Å². The number of carbonyl (C=O) groups excluding carboxylic acids is 1. The van der Waals surface area contributed by atoms with E-state index in [1.54, 1.807) is 22.6 Å². The van der Waals surface area contributed by atoms with E-state index in [1.165, 1.54) is 23.2 Å². The highest BCUT2D eigenvalue weighted by molar-refractivity contribution is 7.09. The molecule has 0 bridgehead atoms. The maximum absolute atomic E-state index is 12.3. The van der Waals surface area contributed by atoms with Gasteiger partial charge in [0.05, 0.1) is 0 Å². The number of pyridine rings is 1. The van der Waals surface area contributed by atoms with E-state index in [-0.39, 0.29) is 5.91 Å². The molecule has 0 radical (unpaired) electrons. The summed E-state index contributed by atoms with van der Waals surface area (Å²) in [5.41, 5.74) is 2.43. The van der Waals surface area contributed by atoms with Crippen LogP contribution < -0.4 is 10.1 Å². The van der Waals surface area contributed by atoms with E-state index in [2.05, 4.69) is 25.4 Å². The van der Waals surface area contributed by atoms with E-state index in [4.69, 9.17) is 4.74 Å². The standard InChI is InChI=1S/C20H18N6O2S/c1-14-2-5-16(6-3-14)28-10-19-25-17(11-29-19)20(27)23-9-15-4-7-18(22-8-15)26-13-21-12-24-26/h2-8,11-13H,9-10H2,1H3,(H,23,27). The van der Waals surface area contributed by atoms with Crippen molar-refractivity contribution in [3.05, 3.63) is 82.5 Å². The fraction of sp³-hybridized carbons (Fsp3) is 0.150. The first-order valence-electron chi connectivity index (χ1n) is 8.89. The summed E-state index contributed by atoms with van der Waals surface area (Å²) in [6, 6.07) is 11.5. The summed E-state index contributed by atoms with van der Waals surface area (Å²) in [5, 5.41) is 9.36. The number of amides is 1. The quantitative estimate of drug-likeness (QED) is 0.507. The van der Waals surface area contributed by atoms with E-state index in [1.807, 2.05) is 43.3 Å². The van der Waals surface area contributed by atoms with Gasteiger partial charge in [0.25, 0.3) is 5.91 Å². The molecule has 1 aromatic carbocycles. The first-order chi connectivity index (χ1) is 14.2. The van der Waals surface area contributed by atoms with Crippen LogP contribution in [0.3, 0.4) is 0 Å². The second-order valence-electron chi connectivity index (χ2n) is 6.28. The number of ether oxygens (including phenoxy) is 1. The van der Waals surface area contributed by atoms with Crippen molar-refractivity contribution in [3.63, 3.8) is 0 Å². The Balaban J connectivity index is 1.29. The molecule has 0 fully saturated rings. The molecule has 29 heavy (non-hydrogen) atoms. The van der Waals surface area contributed by atoms with Gasteiger partial charge in [-0.1, -0.05) is 23.8 Å². The largest absolute Gasteiger partial charge is 0.486 e. The number of hydrogen-bond acceptors (Lipinski definition) is 7. The van der Waals surface area contributed by atoms with Crippen LogP contribution in [0.25, 0.3) is 5.82 Å². The molecule has 3 aromatic heterocycles. The van der Waals surface area contributed by atoms with Crippen molar-refractivity contribution in [2.45, 2.75) is 20.1 Å². The molecule has 0 unspecified atom stereocenters. The van der Waals surface area contributed by atoms with E-state index >= 15 is 0 Å². The van der Waals surface area contributed by atoms with Crippen LogP contribution in [-0.4, -0.2) is 30.6 Å². The van der Waals surface area contributed by atoms with Gasteiger partial charge < -0.3 is 10.1 Å². The lowest BCUT2D eigenvalue weighted by Gasteiger charge is -2.05. The van der Waals surface area contributed by atoms with Gasteiger partial charge in [-0.3, -0.25) is 4.79 Å². The van der Waals surface area contributed by atoms with E-state index < -0.39 is 0 Å². The molecule has 0 spiro atoms. The van der Waals surface area contributed by atoms with Gasteiger partial charge in [-0.15, -0.1) is 11.3 Å². The zero-order valence-electron chi connectivity index (χ0n) is 15.6. The minimum atomic E-state index is -0.233. The first kappa shape index (κ1) is 18.8. The van der Waals surface area contributed by atoms with Gasteiger partial charge in [0.2, 0.25) is 0 Å². The fourth-order valence-electron chi connectivity index (χ4n) is 2.52. The Hall–Kier alpha value is -3.59. The smallest absolute Gasteiger partial charge is 0.271 e. The van der Waals surface area contributed by atoms with Crippen molar-refractivity contribution in [3.8, 4) is 11.6 Å². The molecule has 9 heteroatoms. The Bertz CT molecular complexity index is 1080. The summed E-state index contributed by atoms with van der Waals surface area (Å²) in [7, 11) is 0. The highest BCUT2D eigenvalue weighted by Gasteiger charge is 2.11. The molecule has 1 amide bonds. The molecule has 4 aromatic rings. The maximum Gasteiger partial charge on any atom is 0.271 e. The number of aryl methyl sites for hydroxylation is 1. The number of carbonyl (C=O) groups is 1. The van der Waals surface area contributed by atoms with E-state index in [9.17, 15) is 4.79 Å². The third-order valence-corrected chi connectivity index (χ3v) is 4.91.